The zero-order valence-electron chi connectivity index (χ0n) is 13.0. The first-order valence-electron chi connectivity index (χ1n) is 7.93. The van der Waals surface area contributed by atoms with Crippen molar-refractivity contribution in [3.05, 3.63) is 35.9 Å². The van der Waals surface area contributed by atoms with Crippen molar-refractivity contribution in [1.29, 1.82) is 0 Å². The van der Waals surface area contributed by atoms with Crippen LogP contribution in [0.15, 0.2) is 30.3 Å². The second-order valence-corrected chi connectivity index (χ2v) is 6.11. The molecule has 3 heteroatoms. The van der Waals surface area contributed by atoms with Gasteiger partial charge in [-0.1, -0.05) is 50.6 Å². The van der Waals surface area contributed by atoms with E-state index in [-0.39, 0.29) is 0 Å². The third kappa shape index (κ3) is 4.58. The fraction of sp³-hybridized carbons (Fsp3) is 0.647. The summed E-state index contributed by atoms with van der Waals surface area (Å²) in [7, 11) is 0. The highest BCUT2D eigenvalue weighted by molar-refractivity contribution is 5.14. The largest absolute Gasteiger partial charge is 0.326 e. The van der Waals surface area contributed by atoms with Gasteiger partial charge in [-0.2, -0.15) is 0 Å². The highest BCUT2D eigenvalue weighted by atomic mass is 15.3. The van der Waals surface area contributed by atoms with Gasteiger partial charge in [0.1, 0.15) is 0 Å². The Labute approximate surface area is 123 Å². The normalized spacial score (nSPS) is 20.8. The smallest absolute Gasteiger partial charge is 0.0234 e. The number of nitrogens with two attached hydrogens (primary N) is 1. The summed E-state index contributed by atoms with van der Waals surface area (Å²) < 4.78 is 0. The summed E-state index contributed by atoms with van der Waals surface area (Å²) in [5, 5.41) is 0. The summed E-state index contributed by atoms with van der Waals surface area (Å²) in [6.45, 7) is 11.2. The van der Waals surface area contributed by atoms with Crippen molar-refractivity contribution in [3.63, 3.8) is 0 Å². The second-order valence-electron chi connectivity index (χ2n) is 6.11. The molecule has 112 valence electrons. The lowest BCUT2D eigenvalue weighted by Crippen LogP contribution is -2.50. The molecule has 0 amide bonds. The zero-order valence-corrected chi connectivity index (χ0v) is 13.0. The van der Waals surface area contributed by atoms with Gasteiger partial charge in [-0.15, -0.1) is 0 Å². The van der Waals surface area contributed by atoms with E-state index in [1.807, 2.05) is 0 Å². The Hall–Kier alpha value is -0.900. The minimum absolute atomic E-state index is 0.320. The summed E-state index contributed by atoms with van der Waals surface area (Å²) in [5.41, 5.74) is 7.68. The molecule has 20 heavy (non-hydrogen) atoms. The summed E-state index contributed by atoms with van der Waals surface area (Å²) in [4.78, 5) is 5.07. The van der Waals surface area contributed by atoms with Crippen LogP contribution in [0, 0.1) is 5.92 Å². The van der Waals surface area contributed by atoms with Gasteiger partial charge in [-0.05, 0) is 11.5 Å². The Balaban J connectivity index is 1.72. The third-order valence-corrected chi connectivity index (χ3v) is 4.56. The number of hydrogen-bond donors (Lipinski definition) is 1. The van der Waals surface area contributed by atoms with Crippen LogP contribution in [0.2, 0.25) is 0 Å². The van der Waals surface area contributed by atoms with Crippen LogP contribution in [0.5, 0.6) is 0 Å². The fourth-order valence-corrected chi connectivity index (χ4v) is 2.75. The van der Waals surface area contributed by atoms with Crippen LogP contribution in [0.4, 0.5) is 0 Å². The molecule has 1 heterocycles. The number of benzene rings is 1. The van der Waals surface area contributed by atoms with E-state index in [1.165, 1.54) is 12.0 Å². The van der Waals surface area contributed by atoms with Gasteiger partial charge in [-0.3, -0.25) is 9.80 Å². The monoisotopic (exact) mass is 275 g/mol. The summed E-state index contributed by atoms with van der Waals surface area (Å²) in [6.07, 6.45) is 1.18. The number of nitrogens with zero attached hydrogens (tertiary/aromatic N) is 2. The molecule has 1 aliphatic heterocycles. The average Bonchev–Trinajstić information content (AvgIpc) is 2.49. The van der Waals surface area contributed by atoms with Gasteiger partial charge in [0, 0.05) is 45.3 Å². The lowest BCUT2D eigenvalue weighted by atomic mass is 9.99. The quantitative estimate of drug-likeness (QED) is 0.863. The van der Waals surface area contributed by atoms with Crippen molar-refractivity contribution in [3.8, 4) is 0 Å². The first-order valence-corrected chi connectivity index (χ1v) is 7.93. The van der Waals surface area contributed by atoms with E-state index in [1.54, 1.807) is 0 Å². The molecule has 0 radical (unpaired) electrons. The topological polar surface area (TPSA) is 32.5 Å². The first-order chi connectivity index (χ1) is 9.69. The van der Waals surface area contributed by atoms with Gasteiger partial charge >= 0.3 is 0 Å². The molecule has 0 aliphatic carbocycles. The molecule has 1 fully saturated rings. The molecular weight excluding hydrogens is 246 g/mol. The van der Waals surface area contributed by atoms with Crippen LogP contribution in [0.25, 0.3) is 0 Å². The molecule has 2 rings (SSSR count). The minimum Gasteiger partial charge on any atom is -0.326 e. The predicted octanol–water partition coefficient (Wildman–Crippen LogP) is 2.18. The highest BCUT2D eigenvalue weighted by Gasteiger charge is 2.20. The molecule has 2 atom stereocenters. The summed E-state index contributed by atoms with van der Waals surface area (Å²) in [6, 6.07) is 11.1. The maximum absolute atomic E-state index is 6.26. The van der Waals surface area contributed by atoms with Crippen LogP contribution < -0.4 is 5.73 Å². The minimum atomic E-state index is 0.320. The van der Waals surface area contributed by atoms with Gasteiger partial charge in [0.25, 0.3) is 0 Å². The van der Waals surface area contributed by atoms with Crippen LogP contribution in [0.3, 0.4) is 0 Å². The number of hydrogen-bond acceptors (Lipinski definition) is 3. The highest BCUT2D eigenvalue weighted by Crippen LogP contribution is 2.11. The van der Waals surface area contributed by atoms with Crippen LogP contribution >= 0.6 is 0 Å². The third-order valence-electron chi connectivity index (χ3n) is 4.56. The van der Waals surface area contributed by atoms with Gasteiger partial charge in [0.15, 0.2) is 0 Å². The fourth-order valence-electron chi connectivity index (χ4n) is 2.75. The summed E-state index contributed by atoms with van der Waals surface area (Å²) >= 11 is 0. The molecule has 3 nitrogen and oxygen atoms in total. The predicted molar refractivity (Wildman–Crippen MR) is 85.6 cm³/mol. The van der Waals surface area contributed by atoms with Gasteiger partial charge in [-0.25, -0.2) is 0 Å². The Morgan fingerprint density at radius 2 is 1.65 bits per heavy atom. The molecule has 0 saturated carbocycles. The van der Waals surface area contributed by atoms with Crippen molar-refractivity contribution in [1.82, 2.24) is 9.80 Å². The molecule has 2 unspecified atom stereocenters. The van der Waals surface area contributed by atoms with Crippen molar-refractivity contribution in [2.24, 2.45) is 11.7 Å². The molecule has 0 aromatic heterocycles. The van der Waals surface area contributed by atoms with E-state index in [0.717, 1.165) is 39.3 Å². The van der Waals surface area contributed by atoms with Gasteiger partial charge in [0.2, 0.25) is 0 Å². The standard InChI is InChI=1S/C17H29N3/c1-3-15(2)17(18)14-20-11-9-19(10-12-20)13-16-7-5-4-6-8-16/h4-8,15,17H,3,9-14,18H2,1-2H3. The average molecular weight is 275 g/mol. The lowest BCUT2D eigenvalue weighted by Gasteiger charge is -2.36. The SMILES string of the molecule is CCC(C)C(N)CN1CCN(Cc2ccccc2)CC1. The van der Waals surface area contributed by atoms with Crippen LogP contribution in [-0.2, 0) is 6.54 Å². The van der Waals surface area contributed by atoms with Crippen LogP contribution in [0.1, 0.15) is 25.8 Å². The molecule has 1 aromatic carbocycles. The van der Waals surface area contributed by atoms with E-state index in [4.69, 9.17) is 5.73 Å². The Morgan fingerprint density at radius 3 is 2.25 bits per heavy atom. The Morgan fingerprint density at radius 1 is 1.05 bits per heavy atom. The first kappa shape index (κ1) is 15.5. The molecular formula is C17H29N3. The van der Waals surface area contributed by atoms with E-state index in [0.29, 0.717) is 12.0 Å². The molecule has 1 aromatic rings. The number of rotatable bonds is 6. The lowest BCUT2D eigenvalue weighted by molar-refractivity contribution is 0.116. The number of piperazine rings is 1. The second kappa shape index (κ2) is 7.77. The van der Waals surface area contributed by atoms with Crippen LogP contribution in [-0.4, -0.2) is 48.6 Å². The van der Waals surface area contributed by atoms with E-state index < -0.39 is 0 Å². The van der Waals surface area contributed by atoms with E-state index in [9.17, 15) is 0 Å². The Bertz CT molecular complexity index is 371. The maximum Gasteiger partial charge on any atom is 0.0234 e. The molecule has 2 N–H and O–H groups in total. The van der Waals surface area contributed by atoms with E-state index >= 15 is 0 Å². The molecule has 0 spiro atoms. The molecule has 0 bridgehead atoms. The molecule has 1 aliphatic rings. The van der Waals surface area contributed by atoms with Crippen molar-refractivity contribution in [2.45, 2.75) is 32.9 Å². The maximum atomic E-state index is 6.26. The van der Waals surface area contributed by atoms with Crippen molar-refractivity contribution in [2.75, 3.05) is 32.7 Å². The van der Waals surface area contributed by atoms with E-state index in [2.05, 4.69) is 54.0 Å². The zero-order chi connectivity index (χ0) is 14.4. The van der Waals surface area contributed by atoms with Gasteiger partial charge < -0.3 is 5.73 Å². The summed E-state index contributed by atoms with van der Waals surface area (Å²) in [5.74, 6) is 0.623. The molecule has 1 saturated heterocycles. The Kier molecular flexibility index (Phi) is 6.02. The van der Waals surface area contributed by atoms with Crippen molar-refractivity contribution < 1.29 is 0 Å². The van der Waals surface area contributed by atoms with Crippen molar-refractivity contribution >= 4 is 0 Å². The van der Waals surface area contributed by atoms with Gasteiger partial charge in [0.05, 0.1) is 0 Å².